The highest BCUT2D eigenvalue weighted by atomic mass is 16.5. The topological polar surface area (TPSA) is 134 Å². The number of carbonyl (C=O) groups excluding carboxylic acids is 2. The lowest BCUT2D eigenvalue weighted by Gasteiger charge is -2.15. The van der Waals surface area contributed by atoms with Crippen LogP contribution in [0.1, 0.15) is 24.5 Å². The fraction of sp³-hybridized carbons (Fsp3) is 0.438. The first-order chi connectivity index (χ1) is 11.9. The second kappa shape index (κ2) is 10.1. The van der Waals surface area contributed by atoms with Gasteiger partial charge in [-0.2, -0.15) is 0 Å². The molecular weight excluding hydrogens is 332 g/mol. The van der Waals surface area contributed by atoms with Gasteiger partial charge in [0.2, 0.25) is 11.8 Å². The Labute approximate surface area is 144 Å². The summed E-state index contributed by atoms with van der Waals surface area (Å²) in [7, 11) is 2.98. The van der Waals surface area contributed by atoms with E-state index in [9.17, 15) is 19.5 Å². The molecule has 0 aliphatic heterocycles. The van der Waals surface area contributed by atoms with Gasteiger partial charge in [0.1, 0.15) is 18.0 Å². The summed E-state index contributed by atoms with van der Waals surface area (Å²) >= 11 is 0. The van der Waals surface area contributed by atoms with Crippen molar-refractivity contribution in [1.82, 2.24) is 10.6 Å². The third-order valence-electron chi connectivity index (χ3n) is 3.33. The predicted molar refractivity (Wildman–Crippen MR) is 87.4 cm³/mol. The van der Waals surface area contributed by atoms with Crippen molar-refractivity contribution >= 4 is 17.8 Å². The number of benzene rings is 1. The Bertz CT molecular complexity index is 619. The number of nitrogens with one attached hydrogen (secondary N) is 2. The number of ether oxygens (including phenoxy) is 2. The van der Waals surface area contributed by atoms with Gasteiger partial charge < -0.3 is 30.3 Å². The highest BCUT2D eigenvalue weighted by molar-refractivity contribution is 5.86. The number of carbonyl (C=O) groups is 3. The number of carboxylic acids is 1. The molecule has 138 valence electrons. The van der Waals surface area contributed by atoms with Gasteiger partial charge >= 0.3 is 5.97 Å². The Balaban J connectivity index is 2.45. The minimum atomic E-state index is -1.17. The molecule has 0 saturated heterocycles. The first kappa shape index (κ1) is 20.2. The lowest BCUT2D eigenvalue weighted by Crippen LogP contribution is -2.39. The summed E-state index contributed by atoms with van der Waals surface area (Å²) in [5.41, 5.74) is 0.523. The molecule has 1 aromatic carbocycles. The molecule has 1 aromatic rings. The van der Waals surface area contributed by atoms with E-state index in [1.165, 1.54) is 14.2 Å². The Morgan fingerprint density at radius 3 is 2.36 bits per heavy atom. The number of aliphatic hydroxyl groups is 1. The van der Waals surface area contributed by atoms with E-state index in [4.69, 9.17) is 14.6 Å². The first-order valence-electron chi connectivity index (χ1n) is 7.52. The Kier molecular flexibility index (Phi) is 8.21. The number of hydrogen-bond donors (Lipinski definition) is 4. The summed E-state index contributed by atoms with van der Waals surface area (Å²) in [6.07, 6.45) is -0.805. The van der Waals surface area contributed by atoms with Gasteiger partial charge in [-0.05, 0) is 18.6 Å². The smallest absolute Gasteiger partial charge is 0.322 e. The molecule has 0 bridgehead atoms. The zero-order valence-electron chi connectivity index (χ0n) is 14.1. The molecule has 0 aliphatic rings. The molecule has 1 rings (SSSR count). The van der Waals surface area contributed by atoms with Gasteiger partial charge in [0, 0.05) is 18.1 Å². The van der Waals surface area contributed by atoms with E-state index in [2.05, 4.69) is 10.6 Å². The van der Waals surface area contributed by atoms with Crippen LogP contribution in [0, 0.1) is 0 Å². The van der Waals surface area contributed by atoms with Crippen LogP contribution in [-0.4, -0.2) is 55.3 Å². The van der Waals surface area contributed by atoms with Crippen molar-refractivity contribution < 1.29 is 34.1 Å². The van der Waals surface area contributed by atoms with Crippen LogP contribution in [0.15, 0.2) is 18.2 Å². The van der Waals surface area contributed by atoms with E-state index in [0.29, 0.717) is 17.1 Å². The van der Waals surface area contributed by atoms with E-state index in [0.717, 1.165) is 0 Å². The highest BCUT2D eigenvalue weighted by Gasteiger charge is 2.16. The van der Waals surface area contributed by atoms with E-state index in [1.54, 1.807) is 18.2 Å². The third kappa shape index (κ3) is 7.08. The van der Waals surface area contributed by atoms with Crippen molar-refractivity contribution in [2.45, 2.75) is 18.9 Å². The summed E-state index contributed by atoms with van der Waals surface area (Å²) in [6, 6.07) is 4.96. The van der Waals surface area contributed by atoms with Crippen LogP contribution in [0.3, 0.4) is 0 Å². The van der Waals surface area contributed by atoms with Crippen LogP contribution in [0.5, 0.6) is 11.5 Å². The molecule has 0 fully saturated rings. The standard InChI is InChI=1S/C16H22N2O7/c1-24-10-3-4-11(13(7-10)25-2)12(19)5-6-14(20)17-8-15(21)18-9-16(22)23/h3-4,7,12,19H,5-6,8-9H2,1-2H3,(H,17,20)(H,18,21)(H,22,23). The maximum absolute atomic E-state index is 11.7. The Hall–Kier alpha value is -2.81. The Morgan fingerprint density at radius 1 is 1.08 bits per heavy atom. The molecule has 0 heterocycles. The molecule has 0 spiro atoms. The van der Waals surface area contributed by atoms with Crippen molar-refractivity contribution in [2.24, 2.45) is 0 Å². The maximum atomic E-state index is 11.7. The molecule has 0 aliphatic carbocycles. The van der Waals surface area contributed by atoms with Crippen molar-refractivity contribution in [1.29, 1.82) is 0 Å². The molecule has 4 N–H and O–H groups in total. The predicted octanol–water partition coefficient (Wildman–Crippen LogP) is -0.166. The molecule has 2 amide bonds. The number of carboxylic acid groups (broad SMARTS) is 1. The molecule has 0 radical (unpaired) electrons. The maximum Gasteiger partial charge on any atom is 0.322 e. The number of rotatable bonds is 10. The van der Waals surface area contributed by atoms with Gasteiger partial charge in [0.15, 0.2) is 0 Å². The van der Waals surface area contributed by atoms with Gasteiger partial charge in [-0.1, -0.05) is 0 Å². The average molecular weight is 354 g/mol. The van der Waals surface area contributed by atoms with Gasteiger partial charge in [-0.25, -0.2) is 0 Å². The van der Waals surface area contributed by atoms with Gasteiger partial charge in [0.05, 0.1) is 26.9 Å². The van der Waals surface area contributed by atoms with Crippen molar-refractivity contribution in [2.75, 3.05) is 27.3 Å². The number of amides is 2. The van der Waals surface area contributed by atoms with Crippen LogP contribution in [0.25, 0.3) is 0 Å². The van der Waals surface area contributed by atoms with Crippen LogP contribution < -0.4 is 20.1 Å². The van der Waals surface area contributed by atoms with Crippen molar-refractivity contribution in [3.63, 3.8) is 0 Å². The van der Waals surface area contributed by atoms with Crippen LogP contribution in [-0.2, 0) is 14.4 Å². The molecule has 9 nitrogen and oxygen atoms in total. The summed E-state index contributed by atoms with van der Waals surface area (Å²) in [6.45, 7) is -0.835. The zero-order valence-corrected chi connectivity index (χ0v) is 14.1. The zero-order chi connectivity index (χ0) is 18.8. The van der Waals surface area contributed by atoms with Crippen molar-refractivity contribution in [3.8, 4) is 11.5 Å². The number of methoxy groups -OCH3 is 2. The minimum Gasteiger partial charge on any atom is -0.497 e. The monoisotopic (exact) mass is 354 g/mol. The lowest BCUT2D eigenvalue weighted by atomic mass is 10.0. The highest BCUT2D eigenvalue weighted by Crippen LogP contribution is 2.31. The summed E-state index contributed by atoms with van der Waals surface area (Å²) in [4.78, 5) is 33.3. The van der Waals surface area contributed by atoms with Crippen LogP contribution in [0.2, 0.25) is 0 Å². The fourth-order valence-corrected chi connectivity index (χ4v) is 2.02. The number of aliphatic carboxylic acids is 1. The van der Waals surface area contributed by atoms with E-state index in [-0.39, 0.29) is 19.4 Å². The van der Waals surface area contributed by atoms with Gasteiger partial charge in [-0.3, -0.25) is 14.4 Å². The molecule has 9 heteroatoms. The fourth-order valence-electron chi connectivity index (χ4n) is 2.02. The number of hydrogen-bond acceptors (Lipinski definition) is 6. The first-order valence-corrected chi connectivity index (χ1v) is 7.52. The second-order valence-corrected chi connectivity index (χ2v) is 5.11. The third-order valence-corrected chi connectivity index (χ3v) is 3.33. The Morgan fingerprint density at radius 2 is 1.76 bits per heavy atom. The van der Waals surface area contributed by atoms with Gasteiger partial charge in [0.25, 0.3) is 0 Å². The quantitative estimate of drug-likeness (QED) is 0.458. The van der Waals surface area contributed by atoms with Crippen molar-refractivity contribution in [3.05, 3.63) is 23.8 Å². The molecule has 0 saturated carbocycles. The van der Waals surface area contributed by atoms with E-state index >= 15 is 0 Å². The minimum absolute atomic E-state index is 0.0113. The molecule has 0 aromatic heterocycles. The largest absolute Gasteiger partial charge is 0.497 e. The lowest BCUT2D eigenvalue weighted by molar-refractivity contribution is -0.137. The summed E-state index contributed by atoms with van der Waals surface area (Å²) in [5.74, 6) is -1.18. The molecule has 25 heavy (non-hydrogen) atoms. The average Bonchev–Trinajstić information content (AvgIpc) is 2.61. The van der Waals surface area contributed by atoms with Crippen LogP contribution in [0.4, 0.5) is 0 Å². The van der Waals surface area contributed by atoms with Gasteiger partial charge in [-0.15, -0.1) is 0 Å². The summed E-state index contributed by atoms with van der Waals surface area (Å²) in [5, 5.41) is 23.1. The summed E-state index contributed by atoms with van der Waals surface area (Å²) < 4.78 is 10.3. The second-order valence-electron chi connectivity index (χ2n) is 5.11. The normalized spacial score (nSPS) is 11.3. The van der Waals surface area contributed by atoms with E-state index < -0.39 is 30.4 Å². The van der Waals surface area contributed by atoms with E-state index in [1.807, 2.05) is 0 Å². The molecular formula is C16H22N2O7. The SMILES string of the molecule is COc1ccc(C(O)CCC(=O)NCC(=O)NCC(=O)O)c(OC)c1. The molecule has 1 unspecified atom stereocenters. The molecule has 1 atom stereocenters. The number of aliphatic hydroxyl groups excluding tert-OH is 1. The van der Waals surface area contributed by atoms with Crippen LogP contribution >= 0.6 is 0 Å².